The maximum absolute atomic E-state index is 11.9. The minimum atomic E-state index is -0.632. The lowest BCUT2D eigenvalue weighted by Crippen LogP contribution is -2.45. The Balaban J connectivity index is 0.000000621. The molecule has 158 valence electrons. The highest BCUT2D eigenvalue weighted by molar-refractivity contribution is 5.96. The largest absolute Gasteiger partial charge is 0.468 e. The molecular weight excluding hydrogens is 362 g/mol. The Hall–Kier alpha value is -2.48. The molecule has 1 rings (SSSR count). The molecule has 0 fully saturated rings. The number of hydrogen-bond donors (Lipinski definition) is 2. The number of carbonyl (C=O) groups excluding carboxylic acids is 3. The topological polar surface area (TPSA) is 121 Å². The number of carbonyl (C=O) groups is 3. The summed E-state index contributed by atoms with van der Waals surface area (Å²) in [7, 11) is 2.67. The fourth-order valence-corrected chi connectivity index (χ4v) is 2.14. The monoisotopic (exact) mass is 395 g/mol. The molecule has 0 aliphatic carbocycles. The molecule has 1 aromatic heterocycles. The van der Waals surface area contributed by atoms with Crippen molar-refractivity contribution in [2.45, 2.75) is 52.6 Å². The van der Waals surface area contributed by atoms with Crippen LogP contribution in [0.3, 0.4) is 0 Å². The summed E-state index contributed by atoms with van der Waals surface area (Å²) in [6.07, 6.45) is 4.72. The molecule has 8 nitrogen and oxygen atoms in total. The summed E-state index contributed by atoms with van der Waals surface area (Å²) < 4.78 is 9.17. The zero-order valence-corrected chi connectivity index (χ0v) is 17.6. The van der Waals surface area contributed by atoms with Crippen LogP contribution in [-0.4, -0.2) is 49.1 Å². The predicted octanol–water partition coefficient (Wildman–Crippen LogP) is 1.93. The van der Waals surface area contributed by atoms with Crippen LogP contribution >= 0.6 is 0 Å². The number of hydrogen-bond acceptors (Lipinski definition) is 7. The average Bonchev–Trinajstić information content (AvgIpc) is 2.75. The second-order valence-corrected chi connectivity index (χ2v) is 6.54. The molecule has 0 saturated heterocycles. The molecule has 28 heavy (non-hydrogen) atoms. The van der Waals surface area contributed by atoms with Gasteiger partial charge in [-0.2, -0.15) is 0 Å². The number of nitrogens with two attached hydrogens (primary N) is 1. The summed E-state index contributed by atoms with van der Waals surface area (Å²) in [4.78, 5) is 38.2. The van der Waals surface area contributed by atoms with Crippen molar-refractivity contribution < 1.29 is 23.9 Å². The van der Waals surface area contributed by atoms with E-state index in [1.807, 2.05) is 27.7 Å². The average molecular weight is 396 g/mol. The third kappa shape index (κ3) is 8.47. The first-order valence-electron chi connectivity index (χ1n) is 9.35. The van der Waals surface area contributed by atoms with Gasteiger partial charge in [-0.1, -0.05) is 40.5 Å². The van der Waals surface area contributed by atoms with Gasteiger partial charge in [0.2, 0.25) is 0 Å². The van der Waals surface area contributed by atoms with E-state index in [0.717, 1.165) is 12.8 Å². The first-order valence-corrected chi connectivity index (χ1v) is 9.35. The fourth-order valence-electron chi connectivity index (χ4n) is 2.14. The SMILES string of the molecule is CCC(C)C(N)C(=O)OC.CCC(C)C(NC(=O)c1cccnc1)C(=O)OC. The molecule has 1 amide bonds. The van der Waals surface area contributed by atoms with Crippen LogP contribution in [-0.2, 0) is 19.1 Å². The lowest BCUT2D eigenvalue weighted by molar-refractivity contribution is -0.144. The molecule has 1 aromatic rings. The van der Waals surface area contributed by atoms with Crippen molar-refractivity contribution in [1.29, 1.82) is 0 Å². The van der Waals surface area contributed by atoms with E-state index in [1.165, 1.54) is 20.4 Å². The first kappa shape index (κ1) is 25.5. The summed E-state index contributed by atoms with van der Waals surface area (Å²) in [5, 5.41) is 2.68. The van der Waals surface area contributed by atoms with Gasteiger partial charge in [0.1, 0.15) is 12.1 Å². The lowest BCUT2D eigenvalue weighted by atomic mass is 9.99. The number of nitrogens with one attached hydrogen (secondary N) is 1. The van der Waals surface area contributed by atoms with Crippen molar-refractivity contribution in [3.8, 4) is 0 Å². The molecule has 0 radical (unpaired) electrons. The van der Waals surface area contributed by atoms with E-state index >= 15 is 0 Å². The smallest absolute Gasteiger partial charge is 0.328 e. The number of methoxy groups -OCH3 is 2. The third-order valence-electron chi connectivity index (χ3n) is 4.61. The van der Waals surface area contributed by atoms with Crippen molar-refractivity contribution in [3.63, 3.8) is 0 Å². The third-order valence-corrected chi connectivity index (χ3v) is 4.61. The second-order valence-electron chi connectivity index (χ2n) is 6.54. The van der Waals surface area contributed by atoms with Crippen LogP contribution in [0.1, 0.15) is 50.9 Å². The minimum Gasteiger partial charge on any atom is -0.468 e. The summed E-state index contributed by atoms with van der Waals surface area (Å²) in [6.45, 7) is 7.77. The Morgan fingerprint density at radius 3 is 2.07 bits per heavy atom. The van der Waals surface area contributed by atoms with Crippen LogP contribution in [0.2, 0.25) is 0 Å². The lowest BCUT2D eigenvalue weighted by Gasteiger charge is -2.21. The molecular formula is C20H33N3O5. The van der Waals surface area contributed by atoms with E-state index < -0.39 is 18.1 Å². The van der Waals surface area contributed by atoms with Crippen molar-refractivity contribution in [1.82, 2.24) is 10.3 Å². The van der Waals surface area contributed by atoms with Gasteiger partial charge in [-0.15, -0.1) is 0 Å². The quantitative estimate of drug-likeness (QED) is 0.645. The van der Waals surface area contributed by atoms with E-state index in [0.29, 0.717) is 5.56 Å². The van der Waals surface area contributed by atoms with Gasteiger partial charge in [-0.05, 0) is 24.0 Å². The normalized spacial score (nSPS) is 14.4. The fraction of sp³-hybridized carbons (Fsp3) is 0.600. The van der Waals surface area contributed by atoms with Gasteiger partial charge in [0.25, 0.3) is 5.91 Å². The molecule has 0 aromatic carbocycles. The number of rotatable bonds is 8. The van der Waals surface area contributed by atoms with Crippen LogP contribution in [0.25, 0.3) is 0 Å². The maximum atomic E-state index is 11.9. The van der Waals surface area contributed by atoms with E-state index in [1.54, 1.807) is 18.3 Å². The number of amides is 1. The van der Waals surface area contributed by atoms with Crippen molar-refractivity contribution in [3.05, 3.63) is 30.1 Å². The van der Waals surface area contributed by atoms with Gasteiger partial charge in [0, 0.05) is 12.4 Å². The van der Waals surface area contributed by atoms with Gasteiger partial charge in [0.15, 0.2) is 0 Å². The van der Waals surface area contributed by atoms with Crippen LogP contribution in [0.4, 0.5) is 0 Å². The summed E-state index contributed by atoms with van der Waals surface area (Å²) in [5.41, 5.74) is 5.93. The van der Waals surface area contributed by atoms with Crippen molar-refractivity contribution >= 4 is 17.8 Å². The van der Waals surface area contributed by atoms with Crippen LogP contribution in [0.5, 0.6) is 0 Å². The highest BCUT2D eigenvalue weighted by Crippen LogP contribution is 2.10. The Bertz CT molecular complexity index is 609. The Morgan fingerprint density at radius 1 is 1.07 bits per heavy atom. The van der Waals surface area contributed by atoms with Gasteiger partial charge < -0.3 is 20.5 Å². The van der Waals surface area contributed by atoms with Crippen molar-refractivity contribution in [2.24, 2.45) is 17.6 Å². The summed E-state index contributed by atoms with van der Waals surface area (Å²) in [6, 6.07) is 2.22. The highest BCUT2D eigenvalue weighted by Gasteiger charge is 2.27. The molecule has 8 heteroatoms. The number of nitrogens with zero attached hydrogens (tertiary/aromatic N) is 1. The first-order chi connectivity index (χ1) is 13.2. The highest BCUT2D eigenvalue weighted by atomic mass is 16.5. The van der Waals surface area contributed by atoms with Gasteiger partial charge in [0.05, 0.1) is 19.8 Å². The Morgan fingerprint density at radius 2 is 1.64 bits per heavy atom. The van der Waals surface area contributed by atoms with E-state index in [2.05, 4.69) is 15.0 Å². The standard InChI is InChI=1S/C13H18N2O3.C7H15NO2/c1-4-9(2)11(13(17)18-3)15-12(16)10-6-5-7-14-8-10;1-4-5(2)6(8)7(9)10-3/h5-9,11H,4H2,1-3H3,(H,15,16);5-6H,4,8H2,1-3H3. The molecule has 0 aliphatic rings. The zero-order chi connectivity index (χ0) is 21.7. The summed E-state index contributed by atoms with van der Waals surface area (Å²) >= 11 is 0. The van der Waals surface area contributed by atoms with Crippen LogP contribution in [0, 0.1) is 11.8 Å². The molecule has 1 heterocycles. The number of esters is 2. The summed E-state index contributed by atoms with van der Waals surface area (Å²) in [5.74, 6) is -0.861. The van der Waals surface area contributed by atoms with Gasteiger partial charge in [-0.3, -0.25) is 14.6 Å². The number of aromatic nitrogens is 1. The van der Waals surface area contributed by atoms with Gasteiger partial charge in [-0.25, -0.2) is 4.79 Å². The molecule has 4 atom stereocenters. The molecule has 0 aliphatic heterocycles. The van der Waals surface area contributed by atoms with Crippen LogP contribution < -0.4 is 11.1 Å². The molecule has 0 spiro atoms. The predicted molar refractivity (Wildman–Crippen MR) is 106 cm³/mol. The van der Waals surface area contributed by atoms with Crippen LogP contribution in [0.15, 0.2) is 24.5 Å². The Kier molecular flexibility index (Phi) is 12.4. The van der Waals surface area contributed by atoms with E-state index in [4.69, 9.17) is 10.5 Å². The molecule has 3 N–H and O–H groups in total. The molecule has 0 saturated carbocycles. The Labute approximate surface area is 167 Å². The zero-order valence-electron chi connectivity index (χ0n) is 17.6. The number of pyridine rings is 1. The second kappa shape index (κ2) is 13.7. The molecule has 4 unspecified atom stereocenters. The van der Waals surface area contributed by atoms with E-state index in [9.17, 15) is 14.4 Å². The minimum absolute atomic E-state index is 0.0121. The molecule has 0 bridgehead atoms. The van der Waals surface area contributed by atoms with Gasteiger partial charge >= 0.3 is 11.9 Å². The maximum Gasteiger partial charge on any atom is 0.328 e. The van der Waals surface area contributed by atoms with Crippen molar-refractivity contribution in [2.75, 3.05) is 14.2 Å². The number of ether oxygens (including phenoxy) is 2. The van der Waals surface area contributed by atoms with E-state index in [-0.39, 0.29) is 23.7 Å².